The SMILES string of the molecule is Cc1cc(F)cc2[nH]c(C(=O)N3CSCC3C(=O)N(C)C(C)C)cc12. The summed E-state index contributed by atoms with van der Waals surface area (Å²) >= 11 is 1.57. The van der Waals surface area contributed by atoms with E-state index < -0.39 is 6.04 Å². The predicted octanol–water partition coefficient (Wildman–Crippen LogP) is 3.00. The summed E-state index contributed by atoms with van der Waals surface area (Å²) in [6.45, 7) is 5.70. The van der Waals surface area contributed by atoms with Crippen molar-refractivity contribution in [3.05, 3.63) is 35.3 Å². The van der Waals surface area contributed by atoms with Gasteiger partial charge in [0.15, 0.2) is 0 Å². The van der Waals surface area contributed by atoms with Gasteiger partial charge in [-0.2, -0.15) is 0 Å². The van der Waals surface area contributed by atoms with E-state index in [1.807, 2.05) is 20.8 Å². The highest BCUT2D eigenvalue weighted by atomic mass is 32.2. The van der Waals surface area contributed by atoms with Crippen LogP contribution in [0.1, 0.15) is 29.9 Å². The molecule has 0 aliphatic carbocycles. The molecule has 3 rings (SSSR count). The second kappa shape index (κ2) is 6.71. The van der Waals surface area contributed by atoms with E-state index in [0.717, 1.165) is 10.9 Å². The summed E-state index contributed by atoms with van der Waals surface area (Å²) in [6.07, 6.45) is 0. The van der Waals surface area contributed by atoms with Gasteiger partial charge in [-0.1, -0.05) is 0 Å². The second-order valence-electron chi connectivity index (χ2n) is 6.70. The molecule has 1 atom stereocenters. The van der Waals surface area contributed by atoms with Crippen LogP contribution in [-0.4, -0.2) is 57.4 Å². The average molecular weight is 363 g/mol. The number of hydrogen-bond donors (Lipinski definition) is 1. The molecule has 1 N–H and O–H groups in total. The van der Waals surface area contributed by atoms with Crippen molar-refractivity contribution >= 4 is 34.5 Å². The number of aryl methyl sites for hydroxylation is 1. The third-order valence-electron chi connectivity index (χ3n) is 4.69. The van der Waals surface area contributed by atoms with E-state index in [-0.39, 0.29) is 23.7 Å². The van der Waals surface area contributed by atoms with Crippen LogP contribution in [0.2, 0.25) is 0 Å². The maximum absolute atomic E-state index is 13.6. The minimum atomic E-state index is -0.464. The number of aromatic nitrogens is 1. The highest BCUT2D eigenvalue weighted by Gasteiger charge is 2.37. The maximum Gasteiger partial charge on any atom is 0.271 e. The van der Waals surface area contributed by atoms with E-state index in [9.17, 15) is 14.0 Å². The number of nitrogens with one attached hydrogen (secondary N) is 1. The van der Waals surface area contributed by atoms with Crippen LogP contribution in [-0.2, 0) is 4.79 Å². The van der Waals surface area contributed by atoms with E-state index in [1.54, 1.807) is 34.7 Å². The first-order chi connectivity index (χ1) is 11.8. The highest BCUT2D eigenvalue weighted by Crippen LogP contribution is 2.27. The van der Waals surface area contributed by atoms with Crippen molar-refractivity contribution in [1.82, 2.24) is 14.8 Å². The Kier molecular flexibility index (Phi) is 4.77. The zero-order chi connectivity index (χ0) is 18.3. The number of H-pyrrole nitrogens is 1. The second-order valence-corrected chi connectivity index (χ2v) is 7.70. The zero-order valence-electron chi connectivity index (χ0n) is 14.8. The molecule has 2 amide bonds. The van der Waals surface area contributed by atoms with Crippen LogP contribution in [0.4, 0.5) is 4.39 Å². The van der Waals surface area contributed by atoms with Crippen molar-refractivity contribution in [2.45, 2.75) is 32.9 Å². The van der Waals surface area contributed by atoms with Crippen molar-refractivity contribution in [2.24, 2.45) is 0 Å². The van der Waals surface area contributed by atoms with Crippen molar-refractivity contribution in [2.75, 3.05) is 18.7 Å². The Balaban J connectivity index is 1.89. The van der Waals surface area contributed by atoms with Gasteiger partial charge in [0.2, 0.25) is 5.91 Å². The van der Waals surface area contributed by atoms with E-state index in [1.165, 1.54) is 12.1 Å². The van der Waals surface area contributed by atoms with Crippen LogP contribution >= 0.6 is 11.8 Å². The summed E-state index contributed by atoms with van der Waals surface area (Å²) in [7, 11) is 1.76. The molecule has 1 aromatic carbocycles. The van der Waals surface area contributed by atoms with Crippen LogP contribution in [0, 0.1) is 12.7 Å². The summed E-state index contributed by atoms with van der Waals surface area (Å²) in [5.41, 5.74) is 1.75. The Morgan fingerprint density at radius 2 is 2.08 bits per heavy atom. The summed E-state index contributed by atoms with van der Waals surface area (Å²) in [6, 6.07) is 4.18. The molecular weight excluding hydrogens is 341 g/mol. The van der Waals surface area contributed by atoms with E-state index in [2.05, 4.69) is 4.98 Å². The standard InChI is InChI=1S/C18H22FN3O2S/c1-10(2)21(4)18(24)16-8-25-9-22(16)17(23)15-7-13-11(3)5-12(19)6-14(13)20-15/h5-7,10,16,20H,8-9H2,1-4H3. The first-order valence-corrected chi connectivity index (χ1v) is 9.39. The minimum absolute atomic E-state index is 0.0494. The maximum atomic E-state index is 13.6. The van der Waals surface area contributed by atoms with Gasteiger partial charge < -0.3 is 14.8 Å². The van der Waals surface area contributed by atoms with E-state index in [0.29, 0.717) is 22.8 Å². The monoisotopic (exact) mass is 363 g/mol. The fourth-order valence-corrected chi connectivity index (χ4v) is 4.13. The zero-order valence-corrected chi connectivity index (χ0v) is 15.6. The van der Waals surface area contributed by atoms with Gasteiger partial charge in [0.1, 0.15) is 17.6 Å². The van der Waals surface area contributed by atoms with Crippen LogP contribution in [0.3, 0.4) is 0 Å². The topological polar surface area (TPSA) is 56.4 Å². The van der Waals surface area contributed by atoms with Gasteiger partial charge in [0.05, 0.1) is 5.88 Å². The molecular formula is C18H22FN3O2S. The summed E-state index contributed by atoms with van der Waals surface area (Å²) in [5, 5.41) is 0.818. The lowest BCUT2D eigenvalue weighted by molar-refractivity contribution is -0.135. The number of rotatable bonds is 3. The third-order valence-corrected chi connectivity index (χ3v) is 5.70. The molecule has 1 saturated heterocycles. The third kappa shape index (κ3) is 3.25. The first kappa shape index (κ1) is 17.8. The molecule has 1 aliphatic rings. The molecule has 0 spiro atoms. The normalized spacial score (nSPS) is 17.5. The number of likely N-dealkylation sites (N-methyl/N-ethyl adjacent to an activating group) is 1. The molecule has 7 heteroatoms. The number of carbonyl (C=O) groups excluding carboxylic acids is 2. The number of amides is 2. The smallest absolute Gasteiger partial charge is 0.271 e. The number of nitrogens with zero attached hydrogens (tertiary/aromatic N) is 2. The summed E-state index contributed by atoms with van der Waals surface area (Å²) < 4.78 is 13.6. The van der Waals surface area contributed by atoms with Gasteiger partial charge in [-0.15, -0.1) is 11.8 Å². The van der Waals surface area contributed by atoms with Crippen LogP contribution < -0.4 is 0 Å². The van der Waals surface area contributed by atoms with Crippen LogP contribution in [0.15, 0.2) is 18.2 Å². The first-order valence-electron chi connectivity index (χ1n) is 8.24. The van der Waals surface area contributed by atoms with Gasteiger partial charge in [0, 0.05) is 29.7 Å². The Hall–Kier alpha value is -2.02. The van der Waals surface area contributed by atoms with E-state index in [4.69, 9.17) is 0 Å². The van der Waals surface area contributed by atoms with Gasteiger partial charge in [-0.3, -0.25) is 9.59 Å². The van der Waals surface area contributed by atoms with E-state index >= 15 is 0 Å². The van der Waals surface area contributed by atoms with Crippen molar-refractivity contribution in [3.63, 3.8) is 0 Å². The Bertz CT molecular complexity index is 833. The van der Waals surface area contributed by atoms with Gasteiger partial charge in [0.25, 0.3) is 5.91 Å². The molecule has 0 bridgehead atoms. The largest absolute Gasteiger partial charge is 0.350 e. The molecule has 2 aromatic rings. The lowest BCUT2D eigenvalue weighted by atomic mass is 10.1. The molecule has 1 aromatic heterocycles. The number of thioether (sulfide) groups is 1. The molecule has 25 heavy (non-hydrogen) atoms. The lowest BCUT2D eigenvalue weighted by Gasteiger charge is -2.29. The van der Waals surface area contributed by atoms with Crippen molar-refractivity contribution in [3.8, 4) is 0 Å². The molecule has 0 radical (unpaired) electrons. The van der Waals surface area contributed by atoms with Crippen molar-refractivity contribution < 1.29 is 14.0 Å². The minimum Gasteiger partial charge on any atom is -0.350 e. The number of aromatic amines is 1. The quantitative estimate of drug-likeness (QED) is 0.912. The van der Waals surface area contributed by atoms with Gasteiger partial charge >= 0.3 is 0 Å². The van der Waals surface area contributed by atoms with Crippen LogP contribution in [0.25, 0.3) is 10.9 Å². The number of benzene rings is 1. The number of fused-ring (bicyclic) bond motifs is 1. The summed E-state index contributed by atoms with van der Waals surface area (Å²) in [5.74, 6) is 0.455. The Labute approximate surface area is 150 Å². The molecule has 0 saturated carbocycles. The Morgan fingerprint density at radius 1 is 1.36 bits per heavy atom. The molecule has 1 unspecified atom stereocenters. The fraction of sp³-hybridized carbons (Fsp3) is 0.444. The van der Waals surface area contributed by atoms with Gasteiger partial charge in [-0.25, -0.2) is 4.39 Å². The lowest BCUT2D eigenvalue weighted by Crippen LogP contribution is -2.49. The fourth-order valence-electron chi connectivity index (χ4n) is 2.98. The van der Waals surface area contributed by atoms with Gasteiger partial charge in [-0.05, 0) is 44.5 Å². The Morgan fingerprint density at radius 3 is 2.76 bits per heavy atom. The molecule has 1 aliphatic heterocycles. The number of carbonyl (C=O) groups is 2. The van der Waals surface area contributed by atoms with Crippen molar-refractivity contribution in [1.29, 1.82) is 0 Å². The molecule has 2 heterocycles. The highest BCUT2D eigenvalue weighted by molar-refractivity contribution is 7.99. The molecule has 134 valence electrons. The summed E-state index contributed by atoms with van der Waals surface area (Å²) in [4.78, 5) is 31.9. The average Bonchev–Trinajstić information content (AvgIpc) is 3.19. The molecule has 1 fully saturated rings. The number of hydrogen-bond acceptors (Lipinski definition) is 3. The number of halogens is 1. The predicted molar refractivity (Wildman–Crippen MR) is 98.2 cm³/mol. The van der Waals surface area contributed by atoms with Crippen LogP contribution in [0.5, 0.6) is 0 Å². The molecule has 5 nitrogen and oxygen atoms in total.